The van der Waals surface area contributed by atoms with Crippen molar-refractivity contribution in [1.82, 2.24) is 0 Å². The number of rotatable bonds is 1. The minimum atomic E-state index is -0.616. The van der Waals surface area contributed by atoms with Gasteiger partial charge in [0.15, 0.2) is 0 Å². The number of halogens is 2. The van der Waals surface area contributed by atoms with Crippen molar-refractivity contribution >= 4 is 24.8 Å². The third-order valence-corrected chi connectivity index (χ3v) is 0.418. The van der Waals surface area contributed by atoms with Crippen molar-refractivity contribution in [3.8, 4) is 0 Å². The van der Waals surface area contributed by atoms with Crippen LogP contribution in [0.25, 0.3) is 0 Å². The van der Waals surface area contributed by atoms with Crippen molar-refractivity contribution < 1.29 is 5.11 Å². The highest BCUT2D eigenvalue weighted by Gasteiger charge is 1.81. The maximum atomic E-state index is 8.14. The van der Waals surface area contributed by atoms with Gasteiger partial charge in [-0.05, 0) is 6.42 Å². The predicted molar refractivity (Wildman–Crippen MR) is 35.0 cm³/mol. The van der Waals surface area contributed by atoms with Crippen molar-refractivity contribution in [3.63, 3.8) is 0 Å². The molecule has 0 saturated heterocycles. The van der Waals surface area contributed by atoms with E-state index in [1.54, 1.807) is 0 Å². The van der Waals surface area contributed by atoms with Crippen molar-refractivity contribution in [3.05, 3.63) is 0 Å². The molecule has 0 saturated carbocycles. The number of nitrogens with two attached hydrogens (primary N) is 1. The van der Waals surface area contributed by atoms with Crippen molar-refractivity contribution in [2.45, 2.75) is 19.6 Å². The third kappa shape index (κ3) is 21.1. The Bertz CT molecular complexity index is 26.9. The van der Waals surface area contributed by atoms with Crippen LogP contribution in [0.4, 0.5) is 0 Å². The Labute approximate surface area is 55.9 Å². The van der Waals surface area contributed by atoms with Crippen LogP contribution in [-0.2, 0) is 0 Å². The first-order valence-corrected chi connectivity index (χ1v) is 1.71. The maximum absolute atomic E-state index is 8.14. The number of hydrogen-bond acceptors (Lipinski definition) is 2. The standard InChI is InChI=1S/C3H9NO.2ClH/c1-2-3(4)5;;/h3,5H,2,4H2,1H3;2*1H. The average molecular weight is 148 g/mol. The fourth-order valence-corrected chi connectivity index (χ4v) is 0. The van der Waals surface area contributed by atoms with E-state index in [-0.39, 0.29) is 24.8 Å². The lowest BCUT2D eigenvalue weighted by molar-refractivity contribution is 0.178. The Kier molecular flexibility index (Phi) is 21.7. The van der Waals surface area contributed by atoms with Crippen LogP contribution in [0, 0.1) is 0 Å². The molecule has 0 fully saturated rings. The molecule has 48 valence electrons. The molecule has 0 aliphatic heterocycles. The van der Waals surface area contributed by atoms with E-state index in [0.29, 0.717) is 6.42 Å². The molecule has 0 aromatic carbocycles. The predicted octanol–water partition coefficient (Wildman–Crippen LogP) is 0.517. The third-order valence-electron chi connectivity index (χ3n) is 0.418. The molecule has 3 N–H and O–H groups in total. The summed E-state index contributed by atoms with van der Waals surface area (Å²) in [6, 6.07) is 0. The molecule has 7 heavy (non-hydrogen) atoms. The summed E-state index contributed by atoms with van der Waals surface area (Å²) in [5, 5.41) is 8.14. The van der Waals surface area contributed by atoms with Gasteiger partial charge >= 0.3 is 0 Å². The van der Waals surface area contributed by atoms with E-state index in [1.165, 1.54) is 0 Å². The first-order chi connectivity index (χ1) is 2.27. The number of hydrogen-bond donors (Lipinski definition) is 2. The molecule has 0 rings (SSSR count). The summed E-state index contributed by atoms with van der Waals surface area (Å²) in [7, 11) is 0. The largest absolute Gasteiger partial charge is 0.379 e. The van der Waals surface area contributed by atoms with Crippen LogP contribution in [0.2, 0.25) is 0 Å². The first kappa shape index (κ1) is 15.6. The van der Waals surface area contributed by atoms with Crippen LogP contribution < -0.4 is 5.73 Å². The summed E-state index contributed by atoms with van der Waals surface area (Å²) in [5.74, 6) is 0. The highest BCUT2D eigenvalue weighted by atomic mass is 35.5. The Morgan fingerprint density at radius 3 is 1.71 bits per heavy atom. The topological polar surface area (TPSA) is 46.2 Å². The van der Waals surface area contributed by atoms with Gasteiger partial charge in [-0.15, -0.1) is 24.8 Å². The Hall–Kier alpha value is 0.500. The molecule has 2 nitrogen and oxygen atoms in total. The van der Waals surface area contributed by atoms with Gasteiger partial charge in [0.1, 0.15) is 6.23 Å². The molecule has 1 atom stereocenters. The molecule has 1 unspecified atom stereocenters. The monoisotopic (exact) mass is 147 g/mol. The number of aliphatic hydroxyl groups excluding tert-OH is 1. The van der Waals surface area contributed by atoms with E-state index in [9.17, 15) is 0 Å². The van der Waals surface area contributed by atoms with Crippen molar-refractivity contribution in [1.29, 1.82) is 0 Å². The van der Waals surface area contributed by atoms with Crippen molar-refractivity contribution in [2.75, 3.05) is 0 Å². The van der Waals surface area contributed by atoms with Gasteiger partial charge in [0.25, 0.3) is 0 Å². The maximum Gasteiger partial charge on any atom is 0.102 e. The molecule has 0 spiro atoms. The normalized spacial score (nSPS) is 10.7. The van der Waals surface area contributed by atoms with E-state index >= 15 is 0 Å². The summed E-state index contributed by atoms with van der Waals surface area (Å²) >= 11 is 0. The second-order valence-electron chi connectivity index (χ2n) is 0.976. The van der Waals surface area contributed by atoms with Gasteiger partial charge < -0.3 is 10.8 Å². The van der Waals surface area contributed by atoms with Crippen LogP contribution in [-0.4, -0.2) is 11.3 Å². The van der Waals surface area contributed by atoms with Crippen molar-refractivity contribution in [2.24, 2.45) is 5.73 Å². The fourth-order valence-electron chi connectivity index (χ4n) is 0. The van der Waals surface area contributed by atoms with Gasteiger partial charge in [0, 0.05) is 0 Å². The summed E-state index contributed by atoms with van der Waals surface area (Å²) in [5.41, 5.74) is 4.85. The molecule has 0 amide bonds. The van der Waals surface area contributed by atoms with Crippen LogP contribution in [0.15, 0.2) is 0 Å². The van der Waals surface area contributed by atoms with Gasteiger partial charge in [0.05, 0.1) is 0 Å². The molecule has 0 aromatic rings. The minimum Gasteiger partial charge on any atom is -0.379 e. The zero-order chi connectivity index (χ0) is 4.28. The second kappa shape index (κ2) is 9.71. The van der Waals surface area contributed by atoms with E-state index < -0.39 is 6.23 Å². The fraction of sp³-hybridized carbons (Fsp3) is 1.00. The summed E-state index contributed by atoms with van der Waals surface area (Å²) < 4.78 is 0. The summed E-state index contributed by atoms with van der Waals surface area (Å²) in [4.78, 5) is 0. The molecule has 0 aliphatic rings. The van der Waals surface area contributed by atoms with Crippen LogP contribution >= 0.6 is 24.8 Å². The van der Waals surface area contributed by atoms with Crippen LogP contribution in [0.1, 0.15) is 13.3 Å². The summed E-state index contributed by atoms with van der Waals surface area (Å²) in [6.07, 6.45) is 0.0231. The highest BCUT2D eigenvalue weighted by molar-refractivity contribution is 5.85. The second-order valence-corrected chi connectivity index (χ2v) is 0.976. The molecule has 4 heteroatoms. The van der Waals surface area contributed by atoms with Gasteiger partial charge in [-0.2, -0.15) is 0 Å². The molecular weight excluding hydrogens is 137 g/mol. The Balaban J connectivity index is -0.0000000800. The molecule has 0 aromatic heterocycles. The number of aliphatic hydroxyl groups is 1. The zero-order valence-electron chi connectivity index (χ0n) is 4.13. The van der Waals surface area contributed by atoms with Gasteiger partial charge in [0.2, 0.25) is 0 Å². The molecule has 0 heterocycles. The molecule has 0 radical (unpaired) electrons. The van der Waals surface area contributed by atoms with E-state index in [4.69, 9.17) is 10.8 Å². The van der Waals surface area contributed by atoms with Gasteiger partial charge in [-0.3, -0.25) is 0 Å². The quantitative estimate of drug-likeness (QED) is 0.532. The highest BCUT2D eigenvalue weighted by Crippen LogP contribution is 1.72. The Morgan fingerprint density at radius 2 is 1.71 bits per heavy atom. The van der Waals surface area contributed by atoms with Crippen LogP contribution in [0.3, 0.4) is 0 Å². The first-order valence-electron chi connectivity index (χ1n) is 1.71. The lowest BCUT2D eigenvalue weighted by atomic mass is 10.5. The average Bonchev–Trinajstić information content (AvgIpc) is 1.38. The van der Waals surface area contributed by atoms with Gasteiger partial charge in [-0.25, -0.2) is 0 Å². The Morgan fingerprint density at radius 1 is 1.57 bits per heavy atom. The molecule has 0 aliphatic carbocycles. The van der Waals surface area contributed by atoms with E-state index in [2.05, 4.69) is 0 Å². The molecule has 0 bridgehead atoms. The lowest BCUT2D eigenvalue weighted by Crippen LogP contribution is -2.16. The van der Waals surface area contributed by atoms with E-state index in [0.717, 1.165) is 0 Å². The summed E-state index contributed by atoms with van der Waals surface area (Å²) in [6.45, 7) is 1.82. The van der Waals surface area contributed by atoms with E-state index in [1.807, 2.05) is 6.92 Å². The minimum absolute atomic E-state index is 0. The van der Waals surface area contributed by atoms with Gasteiger partial charge in [-0.1, -0.05) is 6.92 Å². The van der Waals surface area contributed by atoms with Crippen LogP contribution in [0.5, 0.6) is 0 Å². The SMILES string of the molecule is CCC(N)O.Cl.Cl. The molecular formula is C3H11Cl2NO. The zero-order valence-corrected chi connectivity index (χ0v) is 5.76. The smallest absolute Gasteiger partial charge is 0.102 e. The lowest BCUT2D eigenvalue weighted by Gasteiger charge is -1.91.